The van der Waals surface area contributed by atoms with Crippen molar-refractivity contribution in [1.29, 1.82) is 0 Å². The number of fused-ring (bicyclic) bond motifs is 4. The van der Waals surface area contributed by atoms with Gasteiger partial charge in [-0.15, -0.1) is 12.1 Å². The molecule has 1 aliphatic heterocycles. The SMILES string of the molecule is C=[N+]1C=c2ccccc2=C[C-]1c1c(C)ccc2c1[s+][c-]1cc(-c3ccccc3)ccc21. The van der Waals surface area contributed by atoms with Crippen LogP contribution in [0.3, 0.4) is 0 Å². The summed E-state index contributed by atoms with van der Waals surface area (Å²) in [4.78, 5) is 0. The molecule has 0 unspecified atom stereocenters. The molecule has 1 aromatic heterocycles. The molecule has 0 bridgehead atoms. The van der Waals surface area contributed by atoms with E-state index in [2.05, 4.69) is 111 Å². The van der Waals surface area contributed by atoms with E-state index in [1.807, 2.05) is 15.9 Å². The first kappa shape index (κ1) is 18.2. The molecule has 2 heteroatoms. The number of nitrogens with zero attached hydrogens (tertiary/aromatic N) is 1. The highest BCUT2D eigenvalue weighted by Crippen LogP contribution is 2.41. The van der Waals surface area contributed by atoms with Gasteiger partial charge in [0.2, 0.25) is 0 Å². The lowest BCUT2D eigenvalue weighted by Crippen LogP contribution is -2.33. The van der Waals surface area contributed by atoms with E-state index in [0.29, 0.717) is 0 Å². The van der Waals surface area contributed by atoms with Crippen molar-refractivity contribution in [2.45, 2.75) is 6.92 Å². The molecule has 0 fully saturated rings. The zero-order valence-corrected chi connectivity index (χ0v) is 18.1. The highest BCUT2D eigenvalue weighted by molar-refractivity contribution is 7.26. The zero-order valence-electron chi connectivity index (χ0n) is 17.3. The Morgan fingerprint density at radius 3 is 2.42 bits per heavy atom. The topological polar surface area (TPSA) is 3.01 Å². The molecule has 31 heavy (non-hydrogen) atoms. The third-order valence-electron chi connectivity index (χ3n) is 6.11. The fourth-order valence-electron chi connectivity index (χ4n) is 4.51. The normalized spacial score (nSPS) is 13.2. The van der Waals surface area contributed by atoms with Crippen LogP contribution in [0.2, 0.25) is 0 Å². The van der Waals surface area contributed by atoms with Crippen LogP contribution >= 0.6 is 11.3 Å². The first-order chi connectivity index (χ1) is 15.2. The fourth-order valence-corrected chi connectivity index (χ4v) is 5.86. The summed E-state index contributed by atoms with van der Waals surface area (Å²) in [5, 5.41) is 5.07. The van der Waals surface area contributed by atoms with Gasteiger partial charge in [-0.2, -0.15) is 0 Å². The van der Waals surface area contributed by atoms with Crippen LogP contribution < -0.4 is 10.4 Å². The molecule has 0 N–H and O–H groups in total. The summed E-state index contributed by atoms with van der Waals surface area (Å²) in [6.45, 7) is 6.52. The molecule has 0 saturated heterocycles. The Hall–Kier alpha value is -3.62. The van der Waals surface area contributed by atoms with Crippen molar-refractivity contribution in [2.24, 2.45) is 0 Å². The Balaban J connectivity index is 1.59. The molecule has 0 spiro atoms. The molecule has 0 atom stereocenters. The number of thiophene rings is 1. The summed E-state index contributed by atoms with van der Waals surface area (Å²) >= 11 is 1.88. The number of aryl methyl sites for hydroxylation is 1. The largest absolute Gasteiger partial charge is 0.254 e. The standard InChI is InChI=1S/C29H21NS/c1-19-12-14-25-24-15-13-22(20-8-4-3-5-9-20)17-27(24)31-29(25)28(19)26-16-21-10-6-7-11-23(21)18-30(26)2/h3-18H,2H2,1H3. The van der Waals surface area contributed by atoms with Gasteiger partial charge in [-0.25, -0.2) is 0 Å². The Kier molecular flexibility index (Phi) is 4.09. The molecule has 5 aromatic rings. The Labute approximate surface area is 185 Å². The predicted octanol–water partition coefficient (Wildman–Crippen LogP) is 5.86. The minimum atomic E-state index is 1.15. The van der Waals surface area contributed by atoms with Crippen LogP contribution in [0, 0.1) is 13.0 Å². The van der Waals surface area contributed by atoms with Gasteiger partial charge in [-0.05, 0) is 16.7 Å². The second kappa shape index (κ2) is 6.97. The van der Waals surface area contributed by atoms with Crippen molar-refractivity contribution in [2.75, 3.05) is 0 Å². The first-order valence-electron chi connectivity index (χ1n) is 10.5. The molecule has 4 aromatic carbocycles. The van der Waals surface area contributed by atoms with Gasteiger partial charge in [0.1, 0.15) is 17.5 Å². The Morgan fingerprint density at radius 2 is 1.58 bits per heavy atom. The second-order valence-corrected chi connectivity index (χ2v) is 9.12. The molecular weight excluding hydrogens is 394 g/mol. The molecule has 0 aliphatic carbocycles. The van der Waals surface area contributed by atoms with E-state index < -0.39 is 0 Å². The average Bonchev–Trinajstić information content (AvgIpc) is 3.17. The van der Waals surface area contributed by atoms with E-state index in [0.717, 1.165) is 6.04 Å². The maximum absolute atomic E-state index is 4.32. The van der Waals surface area contributed by atoms with Crippen LogP contribution in [0.4, 0.5) is 0 Å². The van der Waals surface area contributed by atoms with Crippen LogP contribution in [-0.2, 0) is 0 Å². The van der Waals surface area contributed by atoms with Gasteiger partial charge in [0.15, 0.2) is 15.4 Å². The van der Waals surface area contributed by atoms with E-state index in [9.17, 15) is 0 Å². The molecule has 2 heterocycles. The Morgan fingerprint density at radius 1 is 0.806 bits per heavy atom. The van der Waals surface area contributed by atoms with Gasteiger partial charge in [0.25, 0.3) is 0 Å². The maximum Gasteiger partial charge on any atom is 0.159 e. The molecule has 0 radical (unpaired) electrons. The summed E-state index contributed by atoms with van der Waals surface area (Å²) in [6.07, 6.45) is 4.40. The van der Waals surface area contributed by atoms with Crippen molar-refractivity contribution in [3.05, 3.63) is 113 Å². The van der Waals surface area contributed by atoms with Crippen LogP contribution in [0.1, 0.15) is 11.1 Å². The molecule has 148 valence electrons. The minimum Gasteiger partial charge on any atom is -0.254 e. The third-order valence-corrected chi connectivity index (χ3v) is 7.29. The van der Waals surface area contributed by atoms with Crippen molar-refractivity contribution in [3.63, 3.8) is 0 Å². The van der Waals surface area contributed by atoms with Gasteiger partial charge in [0.05, 0.1) is 6.72 Å². The number of benzene rings is 4. The summed E-state index contributed by atoms with van der Waals surface area (Å²) in [5.41, 5.74) is 5.06. The number of hydrogen-bond acceptors (Lipinski definition) is 0. The van der Waals surface area contributed by atoms with Gasteiger partial charge in [-0.1, -0.05) is 107 Å². The first-order valence-corrected chi connectivity index (χ1v) is 11.3. The van der Waals surface area contributed by atoms with Crippen molar-refractivity contribution in [1.82, 2.24) is 0 Å². The fraction of sp³-hybridized carbons (Fsp3) is 0.0345. The lowest BCUT2D eigenvalue weighted by molar-refractivity contribution is -0.376. The quantitative estimate of drug-likeness (QED) is 0.193. The highest BCUT2D eigenvalue weighted by atomic mass is 32.1. The average molecular weight is 416 g/mol. The van der Waals surface area contributed by atoms with Crippen molar-refractivity contribution < 1.29 is 4.58 Å². The van der Waals surface area contributed by atoms with Crippen LogP contribution in [0.25, 0.3) is 43.6 Å². The smallest absolute Gasteiger partial charge is 0.159 e. The molecule has 1 nitrogen and oxygen atoms in total. The van der Waals surface area contributed by atoms with Crippen LogP contribution in [0.5, 0.6) is 0 Å². The van der Waals surface area contributed by atoms with Crippen molar-refractivity contribution >= 4 is 50.5 Å². The third kappa shape index (κ3) is 2.91. The summed E-state index contributed by atoms with van der Waals surface area (Å²) in [6, 6.07) is 31.6. The second-order valence-electron chi connectivity index (χ2n) is 8.07. The van der Waals surface area contributed by atoms with Crippen molar-refractivity contribution in [3.8, 4) is 11.1 Å². The highest BCUT2D eigenvalue weighted by Gasteiger charge is 2.24. The Bertz CT molecular complexity index is 1610. The van der Waals surface area contributed by atoms with Gasteiger partial charge in [-0.3, -0.25) is 4.58 Å². The predicted molar refractivity (Wildman–Crippen MR) is 134 cm³/mol. The minimum absolute atomic E-state index is 1.15. The van der Waals surface area contributed by atoms with Gasteiger partial charge < -0.3 is 0 Å². The van der Waals surface area contributed by atoms with Gasteiger partial charge >= 0.3 is 0 Å². The van der Waals surface area contributed by atoms with Crippen LogP contribution in [-0.4, -0.2) is 11.3 Å². The summed E-state index contributed by atoms with van der Waals surface area (Å²) in [5.74, 6) is 0. The molecular formula is C29H21NS. The molecule has 1 aliphatic rings. The monoisotopic (exact) mass is 415 g/mol. The van der Waals surface area contributed by atoms with Crippen LogP contribution in [0.15, 0.2) is 84.9 Å². The van der Waals surface area contributed by atoms with Gasteiger partial charge in [0, 0.05) is 5.56 Å². The summed E-state index contributed by atoms with van der Waals surface area (Å²) < 4.78 is 4.66. The molecule has 6 rings (SSSR count). The van der Waals surface area contributed by atoms with E-state index in [4.69, 9.17) is 0 Å². The molecule has 0 amide bonds. The van der Waals surface area contributed by atoms with E-state index in [-0.39, 0.29) is 0 Å². The maximum atomic E-state index is 4.32. The number of rotatable bonds is 2. The zero-order chi connectivity index (χ0) is 20.9. The van der Waals surface area contributed by atoms with E-state index in [1.165, 1.54) is 52.9 Å². The summed E-state index contributed by atoms with van der Waals surface area (Å²) in [7, 11) is 0. The van der Waals surface area contributed by atoms with E-state index >= 15 is 0 Å². The molecule has 0 saturated carbocycles. The van der Waals surface area contributed by atoms with E-state index in [1.54, 1.807) is 0 Å². The number of hydrogen-bond donors (Lipinski definition) is 0. The lowest BCUT2D eigenvalue weighted by Gasteiger charge is -2.19. The lowest BCUT2D eigenvalue weighted by atomic mass is 9.95.